The first-order valence-corrected chi connectivity index (χ1v) is 8.45. The average Bonchev–Trinajstić information content (AvgIpc) is 2.72. The molecule has 138 valence electrons. The largest absolute Gasteiger partial charge is 1.00 e. The smallest absolute Gasteiger partial charge is 0.307 e. The summed E-state index contributed by atoms with van der Waals surface area (Å²) < 4.78 is 5.99. The third kappa shape index (κ3) is 4.65. The van der Waals surface area contributed by atoms with E-state index >= 15 is 0 Å². The van der Waals surface area contributed by atoms with Gasteiger partial charge in [0.25, 0.3) is 0 Å². The number of ether oxygens (including phenoxy) is 1. The maximum absolute atomic E-state index is 11.1. The van der Waals surface area contributed by atoms with E-state index in [0.29, 0.717) is 6.61 Å². The van der Waals surface area contributed by atoms with Crippen LogP contribution >= 0.6 is 0 Å². The molecule has 1 aliphatic rings. The van der Waals surface area contributed by atoms with Crippen LogP contribution < -0.4 is 17.1 Å². The number of hydrogen-bond donors (Lipinski definition) is 1. The Morgan fingerprint density at radius 3 is 2.69 bits per heavy atom. The predicted molar refractivity (Wildman–Crippen MR) is 98.8 cm³/mol. The van der Waals surface area contributed by atoms with Gasteiger partial charge in [0, 0.05) is 12.1 Å². The van der Waals surface area contributed by atoms with Crippen LogP contribution in [-0.2, 0) is 17.8 Å². The highest BCUT2D eigenvalue weighted by Gasteiger charge is 2.19. The lowest BCUT2D eigenvalue weighted by Gasteiger charge is -2.13. The fourth-order valence-corrected chi connectivity index (χ4v) is 3.09. The predicted octanol–water partition coefficient (Wildman–Crippen LogP) is 0.594. The van der Waals surface area contributed by atoms with E-state index in [1.165, 1.54) is 0 Å². The van der Waals surface area contributed by atoms with E-state index in [1.54, 1.807) is 0 Å². The van der Waals surface area contributed by atoms with E-state index in [4.69, 9.17) is 9.84 Å². The summed E-state index contributed by atoms with van der Waals surface area (Å²) in [5, 5.41) is 9.10. The minimum Gasteiger partial charge on any atom is -1.00 e. The number of rotatable bonds is 5. The highest BCUT2D eigenvalue weighted by atomic mass is 35.5. The summed E-state index contributed by atoms with van der Waals surface area (Å²) in [5.74, 6) is -0.0190. The number of fused-ring (bicyclic) bond motifs is 2. The van der Waals surface area contributed by atoms with Gasteiger partial charge in [0.2, 0.25) is 0 Å². The summed E-state index contributed by atoms with van der Waals surface area (Å²) in [7, 11) is 4.11. The molecule has 0 saturated carbocycles. The first-order chi connectivity index (χ1) is 12.0. The number of carbonyl (C=O) groups is 1. The van der Waals surface area contributed by atoms with Gasteiger partial charge in [0.1, 0.15) is 12.4 Å². The summed E-state index contributed by atoms with van der Waals surface area (Å²) in [5.41, 5.74) is 5.19. The van der Waals surface area contributed by atoms with E-state index in [-0.39, 0.29) is 18.8 Å². The van der Waals surface area contributed by atoms with Crippen LogP contribution in [0, 0.1) is 0 Å². The Bertz CT molecular complexity index is 815. The maximum Gasteiger partial charge on any atom is 0.307 e. The quantitative estimate of drug-likeness (QED) is 0.834. The van der Waals surface area contributed by atoms with Crippen LogP contribution in [0.1, 0.15) is 28.7 Å². The van der Waals surface area contributed by atoms with Gasteiger partial charge in [-0.15, -0.1) is 0 Å². The van der Waals surface area contributed by atoms with E-state index < -0.39 is 5.97 Å². The number of carboxylic acid groups (broad SMARTS) is 1. The molecule has 0 amide bonds. The molecule has 1 heterocycles. The van der Waals surface area contributed by atoms with Gasteiger partial charge in [-0.2, -0.15) is 0 Å². The molecule has 0 aliphatic carbocycles. The molecular weight excluding hydrogens is 350 g/mol. The van der Waals surface area contributed by atoms with Crippen molar-refractivity contribution in [3.63, 3.8) is 0 Å². The van der Waals surface area contributed by atoms with Gasteiger partial charge in [-0.1, -0.05) is 36.4 Å². The van der Waals surface area contributed by atoms with Crippen molar-refractivity contribution in [1.82, 2.24) is 4.90 Å². The van der Waals surface area contributed by atoms with E-state index in [2.05, 4.69) is 37.2 Å². The Morgan fingerprint density at radius 1 is 1.19 bits per heavy atom. The molecule has 0 fully saturated rings. The molecule has 0 spiro atoms. The monoisotopic (exact) mass is 372 g/mol. The number of halogens is 1. The van der Waals surface area contributed by atoms with Crippen molar-refractivity contribution in [2.75, 3.05) is 20.6 Å². The molecule has 3 rings (SSSR count). The van der Waals surface area contributed by atoms with Crippen LogP contribution in [0.4, 0.5) is 0 Å². The van der Waals surface area contributed by atoms with Crippen LogP contribution in [-0.4, -0.2) is 36.6 Å². The minimum atomic E-state index is -0.826. The number of carboxylic acids is 1. The van der Waals surface area contributed by atoms with Gasteiger partial charge in [-0.05, 0) is 54.9 Å². The van der Waals surface area contributed by atoms with Crippen LogP contribution in [0.25, 0.3) is 5.57 Å². The van der Waals surface area contributed by atoms with Crippen molar-refractivity contribution in [2.24, 2.45) is 0 Å². The van der Waals surface area contributed by atoms with Gasteiger partial charge >= 0.3 is 5.97 Å². The summed E-state index contributed by atoms with van der Waals surface area (Å²) >= 11 is 0. The number of benzene rings is 2. The molecule has 2 aromatic rings. The molecule has 0 atom stereocenters. The molecule has 5 heteroatoms. The number of nitrogens with zero attached hydrogens (tertiary/aromatic N) is 1. The van der Waals surface area contributed by atoms with E-state index in [0.717, 1.165) is 46.5 Å². The molecular formula is C21H23ClNO3-. The van der Waals surface area contributed by atoms with Crippen molar-refractivity contribution in [1.29, 1.82) is 0 Å². The maximum atomic E-state index is 11.1. The van der Waals surface area contributed by atoms with Gasteiger partial charge in [-0.25, -0.2) is 0 Å². The van der Waals surface area contributed by atoms with Crippen molar-refractivity contribution in [3.05, 3.63) is 70.8 Å². The van der Waals surface area contributed by atoms with Crippen molar-refractivity contribution < 1.29 is 27.0 Å². The highest BCUT2D eigenvalue weighted by Crippen LogP contribution is 2.37. The van der Waals surface area contributed by atoms with Crippen molar-refractivity contribution >= 4 is 11.5 Å². The number of hydrogen-bond acceptors (Lipinski definition) is 3. The molecule has 2 aromatic carbocycles. The standard InChI is InChI=1S/C21H23NO3.ClH/c1-22(2)11-5-8-18-17-7-4-3-6-16(17)14-25-20-10-9-15(12-19(18)20)13-21(23)24;/h3-4,6-10,12H,5,11,13-14H2,1-2H3,(H,23,24);1H/p-1/b18-8-;. The van der Waals surface area contributed by atoms with Gasteiger partial charge < -0.3 is 27.2 Å². The summed E-state index contributed by atoms with van der Waals surface area (Å²) in [4.78, 5) is 13.2. The zero-order chi connectivity index (χ0) is 17.8. The third-order valence-corrected chi connectivity index (χ3v) is 4.30. The zero-order valence-electron chi connectivity index (χ0n) is 15.0. The van der Waals surface area contributed by atoms with Gasteiger partial charge in [-0.3, -0.25) is 4.79 Å². The number of aliphatic carboxylic acids is 1. The first-order valence-electron chi connectivity index (χ1n) is 8.45. The average molecular weight is 373 g/mol. The highest BCUT2D eigenvalue weighted by molar-refractivity contribution is 5.85. The van der Waals surface area contributed by atoms with Gasteiger partial charge in [0.15, 0.2) is 0 Å². The molecule has 1 N–H and O–H groups in total. The van der Waals surface area contributed by atoms with E-state index in [1.807, 2.05) is 30.3 Å². The van der Waals surface area contributed by atoms with Crippen molar-refractivity contribution in [3.8, 4) is 5.75 Å². The molecule has 0 bridgehead atoms. The Labute approximate surface area is 160 Å². The fraction of sp³-hybridized carbons (Fsp3) is 0.286. The Balaban J connectivity index is 0.00000243. The summed E-state index contributed by atoms with van der Waals surface area (Å²) in [6, 6.07) is 13.9. The molecule has 1 aliphatic heterocycles. The summed E-state index contributed by atoms with van der Waals surface area (Å²) in [6.45, 7) is 1.48. The van der Waals surface area contributed by atoms with Crippen LogP contribution in [0.2, 0.25) is 0 Å². The summed E-state index contributed by atoms with van der Waals surface area (Å²) in [6.07, 6.45) is 3.16. The Hall–Kier alpha value is -2.30. The SMILES string of the molecule is CN(C)CC/C=C1/c2ccccc2COc2ccc(CC(=O)O)cc21.[Cl-]. The van der Waals surface area contributed by atoms with Crippen LogP contribution in [0.3, 0.4) is 0 Å². The second kappa shape index (κ2) is 8.88. The Kier molecular flexibility index (Phi) is 6.83. The van der Waals surface area contributed by atoms with E-state index in [9.17, 15) is 4.79 Å². The lowest BCUT2D eigenvalue weighted by molar-refractivity contribution is -0.136. The normalized spacial score (nSPS) is 14.0. The van der Waals surface area contributed by atoms with Crippen LogP contribution in [0.5, 0.6) is 5.75 Å². The van der Waals surface area contributed by atoms with Crippen LogP contribution in [0.15, 0.2) is 48.5 Å². The van der Waals surface area contributed by atoms with Crippen molar-refractivity contribution in [2.45, 2.75) is 19.4 Å². The fourth-order valence-electron chi connectivity index (χ4n) is 3.09. The molecule has 0 unspecified atom stereocenters. The van der Waals surface area contributed by atoms with Gasteiger partial charge in [0.05, 0.1) is 6.42 Å². The topological polar surface area (TPSA) is 49.8 Å². The zero-order valence-corrected chi connectivity index (χ0v) is 15.8. The Morgan fingerprint density at radius 2 is 1.96 bits per heavy atom. The molecule has 0 radical (unpaired) electrons. The molecule has 0 aromatic heterocycles. The minimum absolute atomic E-state index is 0. The first kappa shape index (κ1) is 20.0. The second-order valence-corrected chi connectivity index (χ2v) is 6.56. The molecule has 26 heavy (non-hydrogen) atoms. The lowest BCUT2D eigenvalue weighted by atomic mass is 9.92. The molecule has 4 nitrogen and oxygen atoms in total. The molecule has 0 saturated heterocycles. The second-order valence-electron chi connectivity index (χ2n) is 6.56. The lowest BCUT2D eigenvalue weighted by Crippen LogP contribution is -3.00. The third-order valence-electron chi connectivity index (χ3n) is 4.30.